The molecule has 0 spiro atoms. The number of hydrogen-bond donors (Lipinski definition) is 0. The summed E-state index contributed by atoms with van der Waals surface area (Å²) in [6.07, 6.45) is 1.45. The zero-order valence-electron chi connectivity index (χ0n) is 16.3. The molecule has 1 aromatic heterocycles. The Hall–Kier alpha value is -3.22. The first-order chi connectivity index (χ1) is 14.3. The van der Waals surface area contributed by atoms with Crippen LogP contribution in [0.3, 0.4) is 0 Å². The number of rotatable bonds is 3. The Morgan fingerprint density at radius 2 is 1.60 bits per heavy atom. The van der Waals surface area contributed by atoms with Crippen molar-refractivity contribution in [1.82, 2.24) is 4.90 Å². The van der Waals surface area contributed by atoms with Crippen LogP contribution < -0.4 is 4.90 Å². The van der Waals surface area contributed by atoms with Gasteiger partial charge in [-0.2, -0.15) is 0 Å². The largest absolute Gasteiger partial charge is 0.457 e. The van der Waals surface area contributed by atoms with Crippen molar-refractivity contribution in [2.45, 2.75) is 6.92 Å². The first-order valence-corrected chi connectivity index (χ1v) is 9.94. The third-order valence-corrected chi connectivity index (χ3v) is 5.49. The predicted molar refractivity (Wildman–Crippen MR) is 121 cm³/mol. The molecule has 2 aromatic carbocycles. The first kappa shape index (κ1) is 20.1. The molecule has 0 saturated carbocycles. The van der Waals surface area contributed by atoms with E-state index in [-0.39, 0.29) is 10.7 Å². The lowest BCUT2D eigenvalue weighted by Crippen LogP contribution is -2.54. The zero-order valence-corrected chi connectivity index (χ0v) is 17.8. The molecule has 7 heteroatoms. The third-order valence-electron chi connectivity index (χ3n) is 4.78. The molecule has 2 heterocycles. The van der Waals surface area contributed by atoms with Gasteiger partial charge in [-0.25, -0.2) is 0 Å². The second kappa shape index (κ2) is 7.89. The van der Waals surface area contributed by atoms with Crippen LogP contribution in [-0.4, -0.2) is 28.9 Å². The standard InChI is InChI=1S/C23H17ClN2O3S/c1-14-3-9-17(10-4-14)26-22(28)19(21(27)25(2)23(26)30)13-18-11-12-20(29-18)15-5-7-16(24)8-6-15/h3-13H,1-2H3. The van der Waals surface area contributed by atoms with Gasteiger partial charge in [0.05, 0.1) is 5.69 Å². The van der Waals surface area contributed by atoms with Crippen LogP contribution in [0.5, 0.6) is 0 Å². The molecular weight excluding hydrogens is 420 g/mol. The van der Waals surface area contributed by atoms with E-state index < -0.39 is 11.8 Å². The monoisotopic (exact) mass is 436 g/mol. The van der Waals surface area contributed by atoms with Gasteiger partial charge >= 0.3 is 0 Å². The van der Waals surface area contributed by atoms with Crippen molar-refractivity contribution in [3.05, 3.63) is 82.6 Å². The van der Waals surface area contributed by atoms with Crippen molar-refractivity contribution in [3.8, 4) is 11.3 Å². The molecule has 1 aliphatic rings. The van der Waals surface area contributed by atoms with Gasteiger partial charge in [-0.1, -0.05) is 29.3 Å². The van der Waals surface area contributed by atoms with Crippen molar-refractivity contribution in [2.24, 2.45) is 0 Å². The number of aryl methyl sites for hydroxylation is 1. The van der Waals surface area contributed by atoms with Crippen molar-refractivity contribution in [2.75, 3.05) is 11.9 Å². The molecule has 2 amide bonds. The smallest absolute Gasteiger partial charge is 0.270 e. The van der Waals surface area contributed by atoms with Gasteiger partial charge < -0.3 is 4.42 Å². The summed E-state index contributed by atoms with van der Waals surface area (Å²) in [5.41, 5.74) is 2.47. The number of furan rings is 1. The van der Waals surface area contributed by atoms with Crippen LogP contribution in [0.15, 0.2) is 70.7 Å². The maximum absolute atomic E-state index is 13.2. The number of nitrogens with zero attached hydrogens (tertiary/aromatic N) is 2. The summed E-state index contributed by atoms with van der Waals surface area (Å²) in [6.45, 7) is 1.95. The zero-order chi connectivity index (χ0) is 21.4. The van der Waals surface area contributed by atoms with Gasteiger partial charge in [0.15, 0.2) is 5.11 Å². The molecule has 1 aliphatic heterocycles. The van der Waals surface area contributed by atoms with Gasteiger partial charge in [0.1, 0.15) is 17.1 Å². The van der Waals surface area contributed by atoms with Crippen molar-refractivity contribution < 1.29 is 14.0 Å². The lowest BCUT2D eigenvalue weighted by atomic mass is 10.1. The number of hydrogen-bond acceptors (Lipinski definition) is 4. The fourth-order valence-electron chi connectivity index (χ4n) is 3.10. The number of benzene rings is 2. The molecule has 30 heavy (non-hydrogen) atoms. The van der Waals surface area contributed by atoms with E-state index >= 15 is 0 Å². The van der Waals surface area contributed by atoms with E-state index in [4.69, 9.17) is 28.2 Å². The molecule has 0 aliphatic carbocycles. The normalized spacial score (nSPS) is 16.0. The molecule has 1 saturated heterocycles. The third kappa shape index (κ3) is 3.67. The van der Waals surface area contributed by atoms with Crippen LogP contribution in [0.4, 0.5) is 5.69 Å². The second-order valence-electron chi connectivity index (χ2n) is 6.89. The Kier molecular flexibility index (Phi) is 5.28. The molecule has 0 bridgehead atoms. The van der Waals surface area contributed by atoms with Crippen LogP contribution in [0.1, 0.15) is 11.3 Å². The van der Waals surface area contributed by atoms with E-state index in [1.165, 1.54) is 15.9 Å². The average Bonchev–Trinajstić information content (AvgIpc) is 3.20. The summed E-state index contributed by atoms with van der Waals surface area (Å²) in [7, 11) is 1.55. The summed E-state index contributed by atoms with van der Waals surface area (Å²) in [6, 6.07) is 18.0. The van der Waals surface area contributed by atoms with Gasteiger partial charge in [-0.05, 0) is 73.7 Å². The van der Waals surface area contributed by atoms with Gasteiger partial charge in [-0.3, -0.25) is 19.4 Å². The Bertz CT molecular complexity index is 1180. The highest BCUT2D eigenvalue weighted by Gasteiger charge is 2.38. The van der Waals surface area contributed by atoms with Crippen LogP contribution in [0.25, 0.3) is 17.4 Å². The number of likely N-dealkylation sites (N-methyl/N-ethyl adjacent to an activating group) is 1. The van der Waals surface area contributed by atoms with E-state index in [1.54, 1.807) is 43.4 Å². The minimum atomic E-state index is -0.489. The van der Waals surface area contributed by atoms with E-state index in [2.05, 4.69) is 0 Å². The molecule has 150 valence electrons. The number of carbonyl (C=O) groups excluding carboxylic acids is 2. The number of amides is 2. The highest BCUT2D eigenvalue weighted by Crippen LogP contribution is 2.28. The minimum absolute atomic E-state index is 0.0244. The van der Waals surface area contributed by atoms with Crippen molar-refractivity contribution >= 4 is 52.5 Å². The number of halogens is 1. The Morgan fingerprint density at radius 3 is 2.27 bits per heavy atom. The summed E-state index contributed by atoms with van der Waals surface area (Å²) in [5, 5.41) is 0.758. The molecule has 5 nitrogen and oxygen atoms in total. The summed E-state index contributed by atoms with van der Waals surface area (Å²) >= 11 is 11.3. The number of anilines is 1. The highest BCUT2D eigenvalue weighted by atomic mass is 35.5. The SMILES string of the molecule is Cc1ccc(N2C(=O)C(=Cc3ccc(-c4ccc(Cl)cc4)o3)C(=O)N(C)C2=S)cc1. The molecule has 0 N–H and O–H groups in total. The van der Waals surface area contributed by atoms with Gasteiger partial charge in [0, 0.05) is 17.6 Å². The van der Waals surface area contributed by atoms with E-state index in [0.717, 1.165) is 11.1 Å². The minimum Gasteiger partial charge on any atom is -0.457 e. The van der Waals surface area contributed by atoms with Crippen LogP contribution >= 0.6 is 23.8 Å². The maximum atomic E-state index is 13.2. The molecule has 0 unspecified atom stereocenters. The van der Waals surface area contributed by atoms with E-state index in [0.29, 0.717) is 22.2 Å². The lowest BCUT2D eigenvalue weighted by molar-refractivity contribution is -0.127. The van der Waals surface area contributed by atoms with Crippen molar-refractivity contribution in [1.29, 1.82) is 0 Å². The fraction of sp³-hybridized carbons (Fsp3) is 0.0870. The van der Waals surface area contributed by atoms with Crippen LogP contribution in [0, 0.1) is 6.92 Å². The molecule has 0 atom stereocenters. The second-order valence-corrected chi connectivity index (χ2v) is 7.69. The highest BCUT2D eigenvalue weighted by molar-refractivity contribution is 7.80. The fourth-order valence-corrected chi connectivity index (χ4v) is 3.50. The Balaban J connectivity index is 1.70. The number of thiocarbonyl (C=S) groups is 1. The quantitative estimate of drug-likeness (QED) is 0.326. The van der Waals surface area contributed by atoms with Crippen LogP contribution in [-0.2, 0) is 9.59 Å². The molecule has 4 rings (SSSR count). The Labute approximate surface area is 184 Å². The summed E-state index contributed by atoms with van der Waals surface area (Å²) in [5.74, 6) is 0.0319. The van der Waals surface area contributed by atoms with Crippen LogP contribution in [0.2, 0.25) is 5.02 Å². The summed E-state index contributed by atoms with van der Waals surface area (Å²) in [4.78, 5) is 28.6. The van der Waals surface area contributed by atoms with Gasteiger partial charge in [0.2, 0.25) is 0 Å². The first-order valence-electron chi connectivity index (χ1n) is 9.16. The van der Waals surface area contributed by atoms with Crippen molar-refractivity contribution in [3.63, 3.8) is 0 Å². The summed E-state index contributed by atoms with van der Waals surface area (Å²) < 4.78 is 5.83. The van der Waals surface area contributed by atoms with Gasteiger partial charge in [0.25, 0.3) is 11.8 Å². The number of carbonyl (C=O) groups is 2. The molecule has 1 fully saturated rings. The van der Waals surface area contributed by atoms with E-state index in [9.17, 15) is 9.59 Å². The maximum Gasteiger partial charge on any atom is 0.270 e. The van der Waals surface area contributed by atoms with E-state index in [1.807, 2.05) is 31.2 Å². The Morgan fingerprint density at radius 1 is 0.933 bits per heavy atom. The predicted octanol–water partition coefficient (Wildman–Crippen LogP) is 5.08. The van der Waals surface area contributed by atoms with Gasteiger partial charge in [-0.15, -0.1) is 0 Å². The average molecular weight is 437 g/mol. The molecule has 0 radical (unpaired) electrons. The molecular formula is C23H17ClN2O3S. The lowest BCUT2D eigenvalue weighted by Gasteiger charge is -2.34. The topological polar surface area (TPSA) is 53.8 Å². The molecule has 3 aromatic rings.